The van der Waals surface area contributed by atoms with Gasteiger partial charge >= 0.3 is 0 Å². The molecule has 31 heavy (non-hydrogen) atoms. The van der Waals surface area contributed by atoms with Gasteiger partial charge < -0.3 is 15.4 Å². The minimum Gasteiger partial charge on any atom is -0.481 e. The largest absolute Gasteiger partial charge is 0.481 e. The number of amides is 1. The van der Waals surface area contributed by atoms with E-state index in [0.29, 0.717) is 30.2 Å². The van der Waals surface area contributed by atoms with Crippen LogP contribution in [0.4, 0.5) is 5.69 Å². The highest BCUT2D eigenvalue weighted by Crippen LogP contribution is 2.28. The predicted molar refractivity (Wildman–Crippen MR) is 118 cm³/mol. The number of carbonyl (C=O) groups excluding carboxylic acids is 1. The number of rotatable bonds is 7. The molecule has 4 aromatic heterocycles. The summed E-state index contributed by atoms with van der Waals surface area (Å²) in [5.74, 6) is 0.401. The SMILES string of the molecule is CNc1cc[n+](CCNC(=O)c2ccn3c(-c4cccnc4OC)cnc3c2)c(C)c1. The summed E-state index contributed by atoms with van der Waals surface area (Å²) in [6.45, 7) is 3.27. The maximum Gasteiger partial charge on any atom is 0.251 e. The van der Waals surface area contributed by atoms with E-state index in [1.165, 1.54) is 0 Å². The van der Waals surface area contributed by atoms with Crippen LogP contribution >= 0.6 is 0 Å². The fourth-order valence-electron chi connectivity index (χ4n) is 3.51. The number of aryl methyl sites for hydroxylation is 1. The highest BCUT2D eigenvalue weighted by molar-refractivity contribution is 5.95. The van der Waals surface area contributed by atoms with Crippen molar-refractivity contribution in [1.82, 2.24) is 19.7 Å². The second-order valence-electron chi connectivity index (χ2n) is 7.10. The van der Waals surface area contributed by atoms with Crippen molar-refractivity contribution in [2.45, 2.75) is 13.5 Å². The number of methoxy groups -OCH3 is 1. The molecule has 0 aliphatic carbocycles. The molecule has 4 heterocycles. The van der Waals surface area contributed by atoms with Crippen molar-refractivity contribution in [3.05, 3.63) is 72.4 Å². The van der Waals surface area contributed by atoms with E-state index < -0.39 is 0 Å². The fourth-order valence-corrected chi connectivity index (χ4v) is 3.51. The van der Waals surface area contributed by atoms with Gasteiger partial charge in [-0.05, 0) is 24.3 Å². The monoisotopic (exact) mass is 417 g/mol. The van der Waals surface area contributed by atoms with Gasteiger partial charge in [-0.3, -0.25) is 9.20 Å². The van der Waals surface area contributed by atoms with Crippen LogP contribution in [0.1, 0.15) is 16.1 Å². The second kappa shape index (κ2) is 8.83. The highest BCUT2D eigenvalue weighted by Gasteiger charge is 2.14. The Labute approximate surface area is 180 Å². The molecular formula is C23H25N6O2+. The van der Waals surface area contributed by atoms with Crippen molar-refractivity contribution in [3.8, 4) is 17.1 Å². The Morgan fingerprint density at radius 3 is 2.87 bits per heavy atom. The Morgan fingerprint density at radius 1 is 1.23 bits per heavy atom. The number of pyridine rings is 3. The topological polar surface area (TPSA) is 84.4 Å². The lowest BCUT2D eigenvalue weighted by atomic mass is 10.2. The molecule has 4 rings (SSSR count). The Kier molecular flexibility index (Phi) is 5.79. The summed E-state index contributed by atoms with van der Waals surface area (Å²) in [6.07, 6.45) is 7.29. The molecule has 0 radical (unpaired) electrons. The standard InChI is InChI=1S/C23H24N6O2/c1-16-13-18(24-2)7-10-28(16)12-9-25-22(30)17-6-11-29-20(15-27-21(29)14-17)19-5-4-8-26-23(19)31-3/h4-8,10-11,13-15H,9,12H2,1-3H3,(H,25,30)/p+1. The first-order chi connectivity index (χ1) is 15.1. The van der Waals surface area contributed by atoms with Crippen LogP contribution in [0.5, 0.6) is 5.88 Å². The quantitative estimate of drug-likeness (QED) is 0.452. The molecule has 2 N–H and O–H groups in total. The summed E-state index contributed by atoms with van der Waals surface area (Å²) in [4.78, 5) is 21.3. The molecule has 158 valence electrons. The summed E-state index contributed by atoms with van der Waals surface area (Å²) < 4.78 is 9.38. The molecule has 0 aromatic carbocycles. The van der Waals surface area contributed by atoms with Crippen LogP contribution in [0.2, 0.25) is 0 Å². The summed E-state index contributed by atoms with van der Waals surface area (Å²) in [5.41, 5.74) is 5.12. The number of hydrogen-bond donors (Lipinski definition) is 2. The van der Waals surface area contributed by atoms with Crippen molar-refractivity contribution in [1.29, 1.82) is 0 Å². The van der Waals surface area contributed by atoms with Gasteiger partial charge in [-0.25, -0.2) is 14.5 Å². The number of imidazole rings is 1. The van der Waals surface area contributed by atoms with Crippen LogP contribution in [0.15, 0.2) is 61.2 Å². The minimum absolute atomic E-state index is 0.129. The highest BCUT2D eigenvalue weighted by atomic mass is 16.5. The van der Waals surface area contributed by atoms with E-state index >= 15 is 0 Å². The van der Waals surface area contributed by atoms with E-state index in [0.717, 1.165) is 22.6 Å². The van der Waals surface area contributed by atoms with Crippen molar-refractivity contribution in [2.24, 2.45) is 0 Å². The lowest BCUT2D eigenvalue weighted by Crippen LogP contribution is -2.42. The summed E-state index contributed by atoms with van der Waals surface area (Å²) in [6, 6.07) is 11.4. The molecule has 0 aliphatic rings. The van der Waals surface area contributed by atoms with Crippen molar-refractivity contribution >= 4 is 17.2 Å². The lowest BCUT2D eigenvalue weighted by molar-refractivity contribution is -0.700. The lowest BCUT2D eigenvalue weighted by Gasteiger charge is -2.08. The average Bonchev–Trinajstić information content (AvgIpc) is 3.23. The van der Waals surface area contributed by atoms with Crippen LogP contribution in [0.3, 0.4) is 0 Å². The van der Waals surface area contributed by atoms with Gasteiger partial charge in [0.25, 0.3) is 5.91 Å². The molecule has 0 aliphatic heterocycles. The third kappa shape index (κ3) is 4.18. The first kappa shape index (κ1) is 20.3. The molecule has 0 unspecified atom stereocenters. The van der Waals surface area contributed by atoms with E-state index in [2.05, 4.69) is 31.2 Å². The first-order valence-electron chi connectivity index (χ1n) is 10.0. The first-order valence-corrected chi connectivity index (χ1v) is 10.0. The second-order valence-corrected chi connectivity index (χ2v) is 7.10. The zero-order valence-electron chi connectivity index (χ0n) is 17.8. The molecule has 0 saturated carbocycles. The molecule has 8 nitrogen and oxygen atoms in total. The van der Waals surface area contributed by atoms with Gasteiger partial charge in [0.1, 0.15) is 5.65 Å². The molecule has 1 amide bonds. The summed E-state index contributed by atoms with van der Waals surface area (Å²) >= 11 is 0. The molecule has 0 saturated heterocycles. The van der Waals surface area contributed by atoms with E-state index in [1.807, 2.05) is 49.0 Å². The zero-order valence-corrected chi connectivity index (χ0v) is 17.8. The number of anilines is 1. The number of nitrogens with one attached hydrogen (secondary N) is 2. The number of nitrogens with zero attached hydrogens (tertiary/aromatic N) is 4. The fraction of sp³-hybridized carbons (Fsp3) is 0.217. The molecule has 0 fully saturated rings. The van der Waals surface area contributed by atoms with Gasteiger partial charge in [0.05, 0.1) is 31.1 Å². The summed E-state index contributed by atoms with van der Waals surface area (Å²) in [5, 5.41) is 6.10. The molecule has 8 heteroatoms. The van der Waals surface area contributed by atoms with Crippen molar-refractivity contribution < 1.29 is 14.1 Å². The van der Waals surface area contributed by atoms with E-state index in [1.54, 1.807) is 31.6 Å². The molecular weight excluding hydrogens is 392 g/mol. The van der Waals surface area contributed by atoms with Gasteiger partial charge in [-0.2, -0.15) is 0 Å². The van der Waals surface area contributed by atoms with Crippen molar-refractivity contribution in [3.63, 3.8) is 0 Å². The van der Waals surface area contributed by atoms with E-state index in [4.69, 9.17) is 4.74 Å². The van der Waals surface area contributed by atoms with E-state index in [9.17, 15) is 4.79 Å². The average molecular weight is 417 g/mol. The Hall–Kier alpha value is -3.94. The number of ether oxygens (including phenoxy) is 1. The van der Waals surface area contributed by atoms with E-state index in [-0.39, 0.29) is 5.91 Å². The van der Waals surface area contributed by atoms with Gasteiger partial charge in [0.15, 0.2) is 18.4 Å². The predicted octanol–water partition coefficient (Wildman–Crippen LogP) is 2.47. The third-order valence-electron chi connectivity index (χ3n) is 5.19. The number of carbonyl (C=O) groups is 1. The molecule has 0 spiro atoms. The normalized spacial score (nSPS) is 10.8. The van der Waals surface area contributed by atoms with Crippen molar-refractivity contribution in [2.75, 3.05) is 26.0 Å². The minimum atomic E-state index is -0.129. The number of fused-ring (bicyclic) bond motifs is 1. The molecule has 4 aromatic rings. The van der Waals surface area contributed by atoms with Crippen LogP contribution < -0.4 is 19.9 Å². The van der Waals surface area contributed by atoms with Gasteiger partial charge in [-0.15, -0.1) is 0 Å². The van der Waals surface area contributed by atoms with Gasteiger partial charge in [-0.1, -0.05) is 0 Å². The zero-order chi connectivity index (χ0) is 21.8. The third-order valence-corrected chi connectivity index (χ3v) is 5.19. The molecule has 0 atom stereocenters. The smallest absolute Gasteiger partial charge is 0.251 e. The van der Waals surface area contributed by atoms with Crippen LogP contribution in [0, 0.1) is 6.92 Å². The maximum atomic E-state index is 12.6. The Bertz CT molecular complexity index is 1230. The Morgan fingerprint density at radius 2 is 2.10 bits per heavy atom. The van der Waals surface area contributed by atoms with Gasteiger partial charge in [0.2, 0.25) is 5.88 Å². The van der Waals surface area contributed by atoms with Gasteiger partial charge in [0, 0.05) is 49.7 Å². The summed E-state index contributed by atoms with van der Waals surface area (Å²) in [7, 11) is 3.48. The molecule has 0 bridgehead atoms. The van der Waals surface area contributed by atoms with Crippen LogP contribution in [0.25, 0.3) is 16.9 Å². The van der Waals surface area contributed by atoms with Crippen LogP contribution in [-0.2, 0) is 6.54 Å². The van der Waals surface area contributed by atoms with Crippen LogP contribution in [-0.4, -0.2) is 41.0 Å². The Balaban J connectivity index is 1.47. The maximum absolute atomic E-state index is 12.6. The number of hydrogen-bond acceptors (Lipinski definition) is 5. The number of aromatic nitrogens is 4.